The van der Waals surface area contributed by atoms with Crippen LogP contribution in [0, 0.1) is 57.7 Å². The van der Waals surface area contributed by atoms with Gasteiger partial charge in [-0.1, -0.05) is 46.2 Å². The van der Waals surface area contributed by atoms with Gasteiger partial charge in [0, 0.05) is 73.2 Å². The highest BCUT2D eigenvalue weighted by Gasteiger charge is 2.94. The van der Waals surface area contributed by atoms with Crippen molar-refractivity contribution < 1.29 is 72.1 Å². The SMILES string of the molecule is CCCCC(=O)O[C@H]1C(=O)[C@@]2(O)C[C@@H]3O[C@@H]3[C@H](OC(C)=O)[C@]2(C)[C@H]2[C@H](C)[C@H](OC(C)=O)[C@@]3(C)[C@@H]([C@@H](O)[C@@H]4[C@@H]3[C@H](C)[C@H]3O[C@]35OC(=O)[C@@](C)(OC(=O)CCCCN=[N+]=[N-])[C@]45C)[C@@H]21. The minimum Gasteiger partial charge on any atom is -0.462 e. The highest BCUT2D eigenvalue weighted by atomic mass is 16.8. The molecule has 2 N–H and O–H groups in total. The molecular formula is C43H59N3O15. The maximum absolute atomic E-state index is 15.4. The molecule has 0 amide bonds. The van der Waals surface area contributed by atoms with E-state index >= 15 is 4.79 Å². The van der Waals surface area contributed by atoms with Gasteiger partial charge in [-0.2, -0.15) is 0 Å². The monoisotopic (exact) mass is 857 g/mol. The van der Waals surface area contributed by atoms with Crippen molar-refractivity contribution in [1.82, 2.24) is 0 Å². The molecule has 0 aromatic carbocycles. The fraction of sp³-hybridized carbons (Fsp3) is 0.860. The second-order valence-corrected chi connectivity index (χ2v) is 19.9. The molecule has 8 rings (SSSR count). The third kappa shape index (κ3) is 5.56. The maximum Gasteiger partial charge on any atom is 0.353 e. The van der Waals surface area contributed by atoms with E-state index in [4.69, 9.17) is 38.7 Å². The van der Waals surface area contributed by atoms with Crippen LogP contribution < -0.4 is 0 Å². The zero-order chi connectivity index (χ0) is 44.6. The number of hydrogen-bond acceptors (Lipinski definition) is 16. The first-order chi connectivity index (χ1) is 28.6. The lowest BCUT2D eigenvalue weighted by molar-refractivity contribution is -0.283. The molecular weight excluding hydrogens is 798 g/mol. The summed E-state index contributed by atoms with van der Waals surface area (Å²) in [7, 11) is 0. The summed E-state index contributed by atoms with van der Waals surface area (Å²) in [6.07, 6.45) is -5.70. The number of carbonyl (C=O) groups is 6. The number of hydrogen-bond donors (Lipinski definition) is 2. The lowest BCUT2D eigenvalue weighted by Crippen LogP contribution is -2.79. The van der Waals surface area contributed by atoms with Crippen LogP contribution >= 0.6 is 0 Å². The first-order valence-corrected chi connectivity index (χ1v) is 21.9. The smallest absolute Gasteiger partial charge is 0.353 e. The summed E-state index contributed by atoms with van der Waals surface area (Å²) in [6.45, 7) is 15.1. The minimum atomic E-state index is -2.25. The van der Waals surface area contributed by atoms with Crippen molar-refractivity contribution in [2.45, 2.75) is 167 Å². The topological polar surface area (TPSA) is 263 Å². The summed E-state index contributed by atoms with van der Waals surface area (Å²) < 4.78 is 43.3. The van der Waals surface area contributed by atoms with Crippen LogP contribution in [0.5, 0.6) is 0 Å². The molecule has 61 heavy (non-hydrogen) atoms. The lowest BCUT2D eigenvalue weighted by atomic mass is 9.38. The zero-order valence-corrected chi connectivity index (χ0v) is 36.3. The van der Waals surface area contributed by atoms with Crippen LogP contribution in [0.2, 0.25) is 0 Å². The van der Waals surface area contributed by atoms with E-state index in [1.807, 2.05) is 27.7 Å². The van der Waals surface area contributed by atoms with E-state index in [1.165, 1.54) is 20.8 Å². The third-order valence-corrected chi connectivity index (χ3v) is 17.2. The standard InChI is InChI=1S/C43H59N3O15/c1-10-11-14-23(49)58-32-25-26(39(7)36(56-21(5)48)31-22(57-31)17-42(39,54)33(32)52)18(2)34(55-20(4)47)38(6)27-19(3)35-43(60-35)40(8,29(27)30(51)28(25)38)41(9,37(53)61-43)59-24(50)15-12-13-16-45-46-44/h18-19,22,25-32,34-36,51,54H,10-17H2,1-9H3/t18-,19-,22-,25+,26-,27-,28+,29-,30+,31-,32+,34-,35+,36-,38+,39-,40-,41+,42-,43-/m0/s1. The predicted octanol–water partition coefficient (Wildman–Crippen LogP) is 3.64. The maximum atomic E-state index is 15.4. The second-order valence-electron chi connectivity index (χ2n) is 19.9. The molecule has 8 fully saturated rings. The van der Waals surface area contributed by atoms with Gasteiger partial charge in [0.1, 0.15) is 30.0 Å². The van der Waals surface area contributed by atoms with Crippen molar-refractivity contribution in [1.29, 1.82) is 0 Å². The number of Topliss-reactive ketones (excluding diaryl/α,β-unsaturated/α-hetero) is 1. The van der Waals surface area contributed by atoms with Crippen molar-refractivity contribution in [3.8, 4) is 0 Å². The number of ether oxygens (including phenoxy) is 7. The average Bonchev–Trinajstić information content (AvgIpc) is 4.09. The number of azide groups is 1. The molecule has 0 unspecified atom stereocenters. The molecule has 5 saturated carbocycles. The van der Waals surface area contributed by atoms with Crippen LogP contribution in [0.1, 0.15) is 107 Å². The molecule has 336 valence electrons. The Kier molecular flexibility index (Phi) is 10.3. The molecule has 3 heterocycles. The van der Waals surface area contributed by atoms with Crippen LogP contribution in [-0.2, 0) is 61.9 Å². The van der Waals surface area contributed by atoms with Crippen molar-refractivity contribution in [3.05, 3.63) is 10.4 Å². The Morgan fingerprint density at radius 3 is 2.18 bits per heavy atom. The van der Waals surface area contributed by atoms with Crippen molar-refractivity contribution in [2.24, 2.45) is 62.8 Å². The van der Waals surface area contributed by atoms with Gasteiger partial charge in [-0.05, 0) is 62.3 Å². The fourth-order valence-electron chi connectivity index (χ4n) is 14.7. The molecule has 8 aliphatic rings. The third-order valence-electron chi connectivity index (χ3n) is 17.2. The Bertz CT molecular complexity index is 1980. The van der Waals surface area contributed by atoms with E-state index in [2.05, 4.69) is 10.0 Å². The van der Waals surface area contributed by atoms with Crippen LogP contribution in [0.4, 0.5) is 0 Å². The van der Waals surface area contributed by atoms with E-state index in [-0.39, 0.29) is 25.8 Å². The molecule has 3 aliphatic heterocycles. The summed E-state index contributed by atoms with van der Waals surface area (Å²) in [5.74, 6) is -11.8. The molecule has 1 spiro atoms. The summed E-state index contributed by atoms with van der Waals surface area (Å²) >= 11 is 0. The number of epoxide rings is 2. The Morgan fingerprint density at radius 2 is 1.54 bits per heavy atom. The Balaban J connectivity index is 1.31. The molecule has 0 aromatic heterocycles. The highest BCUT2D eigenvalue weighted by molar-refractivity contribution is 5.95. The first kappa shape index (κ1) is 43.8. The molecule has 0 aromatic rings. The summed E-state index contributed by atoms with van der Waals surface area (Å²) in [4.78, 5) is 85.9. The van der Waals surface area contributed by atoms with Gasteiger partial charge >= 0.3 is 29.8 Å². The van der Waals surface area contributed by atoms with Gasteiger partial charge in [-0.15, -0.1) is 0 Å². The Labute approximate surface area is 354 Å². The van der Waals surface area contributed by atoms with Gasteiger partial charge in [0.05, 0.1) is 17.6 Å². The van der Waals surface area contributed by atoms with E-state index in [9.17, 15) is 34.2 Å². The van der Waals surface area contributed by atoms with Gasteiger partial charge in [0.15, 0.2) is 6.10 Å². The number of carbonyl (C=O) groups excluding carboxylic acids is 6. The number of fused-ring (bicyclic) bond motifs is 9. The highest BCUT2D eigenvalue weighted by Crippen LogP contribution is 2.81. The summed E-state index contributed by atoms with van der Waals surface area (Å²) in [5.41, 5.74) is -0.0493. The molecule has 0 radical (unpaired) electrons. The predicted molar refractivity (Wildman–Crippen MR) is 206 cm³/mol. The summed E-state index contributed by atoms with van der Waals surface area (Å²) in [5, 5.41) is 29.9. The van der Waals surface area contributed by atoms with Crippen LogP contribution in [-0.4, -0.2) is 112 Å². The van der Waals surface area contributed by atoms with E-state index in [0.717, 1.165) is 0 Å². The Morgan fingerprint density at radius 1 is 0.885 bits per heavy atom. The quantitative estimate of drug-likeness (QED) is 0.0540. The average molecular weight is 858 g/mol. The number of aliphatic hydroxyl groups is 2. The van der Waals surface area contributed by atoms with Crippen LogP contribution in [0.25, 0.3) is 10.4 Å². The van der Waals surface area contributed by atoms with E-state index in [1.54, 1.807) is 13.8 Å². The van der Waals surface area contributed by atoms with Gasteiger partial charge in [-0.3, -0.25) is 24.0 Å². The van der Waals surface area contributed by atoms with Crippen LogP contribution in [0.3, 0.4) is 0 Å². The van der Waals surface area contributed by atoms with Gasteiger partial charge < -0.3 is 43.4 Å². The molecule has 18 heteroatoms. The van der Waals surface area contributed by atoms with Gasteiger partial charge in [0.25, 0.3) is 5.79 Å². The minimum absolute atomic E-state index is 0.00996. The van der Waals surface area contributed by atoms with E-state index in [0.29, 0.717) is 25.7 Å². The second kappa shape index (κ2) is 14.3. The molecule has 0 bridgehead atoms. The van der Waals surface area contributed by atoms with Crippen molar-refractivity contribution >= 4 is 35.6 Å². The van der Waals surface area contributed by atoms with Crippen molar-refractivity contribution in [3.63, 3.8) is 0 Å². The lowest BCUT2D eigenvalue weighted by Gasteiger charge is -2.67. The van der Waals surface area contributed by atoms with Crippen molar-refractivity contribution in [2.75, 3.05) is 6.54 Å². The van der Waals surface area contributed by atoms with E-state index < -0.39 is 153 Å². The molecule has 18 nitrogen and oxygen atoms in total. The number of nitrogens with zero attached hydrogens (tertiary/aromatic N) is 3. The molecule has 5 aliphatic carbocycles. The number of ketones is 1. The zero-order valence-electron chi connectivity index (χ0n) is 36.3. The van der Waals surface area contributed by atoms with Gasteiger partial charge in [-0.25, -0.2) is 4.79 Å². The number of esters is 5. The molecule has 20 atom stereocenters. The number of aliphatic hydroxyl groups excluding tert-OH is 1. The van der Waals surface area contributed by atoms with Crippen LogP contribution in [0.15, 0.2) is 5.11 Å². The summed E-state index contributed by atoms with van der Waals surface area (Å²) in [6, 6.07) is 0. The number of unbranched alkanes of at least 4 members (excludes halogenated alkanes) is 2. The largest absolute Gasteiger partial charge is 0.462 e. The first-order valence-electron chi connectivity index (χ1n) is 21.9. The Hall–Kier alpha value is -3.83. The molecule has 3 saturated heterocycles. The fourth-order valence-corrected chi connectivity index (χ4v) is 14.7. The number of rotatable bonds is 12. The normalized spacial score (nSPS) is 50.3. The van der Waals surface area contributed by atoms with Gasteiger partial charge in [0.2, 0.25) is 11.4 Å².